The fraction of sp³-hybridized carbons (Fsp3) is 0.409. The Bertz CT molecular complexity index is 740. The molecule has 2 aromatic rings. The van der Waals surface area contributed by atoms with Gasteiger partial charge in [-0.1, -0.05) is 35.9 Å². The summed E-state index contributed by atoms with van der Waals surface area (Å²) in [5, 5.41) is 12.8. The van der Waals surface area contributed by atoms with Gasteiger partial charge in [0.05, 0.1) is 10.7 Å². The Labute approximate surface area is 166 Å². The van der Waals surface area contributed by atoms with Crippen molar-refractivity contribution in [1.29, 1.82) is 0 Å². The van der Waals surface area contributed by atoms with Gasteiger partial charge in [-0.2, -0.15) is 0 Å². The number of carbonyl (C=O) groups is 1. The molecule has 0 bridgehead atoms. The molecule has 1 fully saturated rings. The first-order valence-corrected chi connectivity index (χ1v) is 10.0. The zero-order valence-electron chi connectivity index (χ0n) is 15.5. The number of nitrogens with zero attached hydrogens (tertiary/aromatic N) is 1. The van der Waals surface area contributed by atoms with Crippen molar-refractivity contribution in [2.45, 2.75) is 32.1 Å². The molecule has 1 saturated heterocycles. The van der Waals surface area contributed by atoms with E-state index in [1.54, 1.807) is 18.2 Å². The summed E-state index contributed by atoms with van der Waals surface area (Å²) in [5.41, 5.74) is 1.96. The molecule has 0 aliphatic carbocycles. The average Bonchev–Trinajstić information content (AvgIpc) is 2.68. The minimum atomic E-state index is 0.0116. The SMILES string of the molecule is O=C(CCN1CCC(CCc2ccc(O)cc2)CC1)Nc1ccccc1Cl. The minimum absolute atomic E-state index is 0.0116. The number of carbonyl (C=O) groups excluding carboxylic acids is 1. The van der Waals surface area contributed by atoms with Crippen LogP contribution in [-0.2, 0) is 11.2 Å². The van der Waals surface area contributed by atoms with Crippen LogP contribution in [0.5, 0.6) is 5.75 Å². The van der Waals surface area contributed by atoms with E-state index in [-0.39, 0.29) is 5.91 Å². The number of hydrogen-bond donors (Lipinski definition) is 2. The first-order valence-electron chi connectivity index (χ1n) is 9.65. The number of anilines is 1. The second-order valence-electron chi connectivity index (χ2n) is 7.27. The van der Waals surface area contributed by atoms with Gasteiger partial charge in [-0.15, -0.1) is 0 Å². The predicted molar refractivity (Wildman–Crippen MR) is 110 cm³/mol. The maximum Gasteiger partial charge on any atom is 0.225 e. The van der Waals surface area contributed by atoms with Crippen molar-refractivity contribution in [2.75, 3.05) is 25.0 Å². The zero-order valence-corrected chi connectivity index (χ0v) is 16.3. The first kappa shape index (κ1) is 19.7. The van der Waals surface area contributed by atoms with Gasteiger partial charge in [0.1, 0.15) is 5.75 Å². The van der Waals surface area contributed by atoms with Crippen LogP contribution in [-0.4, -0.2) is 35.5 Å². The third kappa shape index (κ3) is 6.26. The van der Waals surface area contributed by atoms with Crippen LogP contribution >= 0.6 is 11.6 Å². The molecule has 0 aromatic heterocycles. The fourth-order valence-corrected chi connectivity index (χ4v) is 3.75. The average molecular weight is 387 g/mol. The first-order chi connectivity index (χ1) is 13.1. The van der Waals surface area contributed by atoms with Crippen LogP contribution < -0.4 is 5.32 Å². The van der Waals surface area contributed by atoms with Gasteiger partial charge in [-0.05, 0) is 74.5 Å². The molecule has 2 aromatic carbocycles. The quantitative estimate of drug-likeness (QED) is 0.723. The van der Waals surface area contributed by atoms with E-state index in [4.69, 9.17) is 11.6 Å². The van der Waals surface area contributed by atoms with Crippen molar-refractivity contribution in [1.82, 2.24) is 4.90 Å². The number of aryl methyl sites for hydroxylation is 1. The number of benzene rings is 2. The monoisotopic (exact) mass is 386 g/mol. The van der Waals surface area contributed by atoms with E-state index in [9.17, 15) is 9.90 Å². The van der Waals surface area contributed by atoms with Crippen LogP contribution in [0.2, 0.25) is 5.02 Å². The molecule has 3 rings (SSSR count). The van der Waals surface area contributed by atoms with Crippen molar-refractivity contribution >= 4 is 23.2 Å². The number of para-hydroxylation sites is 1. The molecule has 2 N–H and O–H groups in total. The van der Waals surface area contributed by atoms with Gasteiger partial charge < -0.3 is 15.3 Å². The second kappa shape index (κ2) is 9.77. The van der Waals surface area contributed by atoms with E-state index in [1.807, 2.05) is 30.3 Å². The predicted octanol–water partition coefficient (Wildman–Crippen LogP) is 4.72. The number of phenolic OH excluding ortho intramolecular Hbond substituents is 1. The van der Waals surface area contributed by atoms with E-state index in [1.165, 1.54) is 24.8 Å². The lowest BCUT2D eigenvalue weighted by Crippen LogP contribution is -2.35. The van der Waals surface area contributed by atoms with Crippen LogP contribution in [0.1, 0.15) is 31.2 Å². The highest BCUT2D eigenvalue weighted by Gasteiger charge is 2.19. The largest absolute Gasteiger partial charge is 0.508 e. The Balaban J connectivity index is 1.34. The van der Waals surface area contributed by atoms with E-state index >= 15 is 0 Å². The lowest BCUT2D eigenvalue weighted by Gasteiger charge is -2.31. The van der Waals surface area contributed by atoms with Crippen molar-refractivity contribution < 1.29 is 9.90 Å². The lowest BCUT2D eigenvalue weighted by atomic mass is 9.90. The molecule has 1 heterocycles. The molecule has 1 aliphatic rings. The normalized spacial score (nSPS) is 15.6. The van der Waals surface area contributed by atoms with Gasteiger partial charge in [0, 0.05) is 13.0 Å². The lowest BCUT2D eigenvalue weighted by molar-refractivity contribution is -0.116. The molecule has 4 nitrogen and oxygen atoms in total. The molecule has 5 heteroatoms. The van der Waals surface area contributed by atoms with Gasteiger partial charge >= 0.3 is 0 Å². The van der Waals surface area contributed by atoms with Crippen molar-refractivity contribution in [3.63, 3.8) is 0 Å². The van der Waals surface area contributed by atoms with Crippen LogP contribution in [0.25, 0.3) is 0 Å². The molecule has 0 unspecified atom stereocenters. The van der Waals surface area contributed by atoms with Gasteiger partial charge in [0.15, 0.2) is 0 Å². The Hall–Kier alpha value is -2.04. The van der Waals surface area contributed by atoms with Gasteiger partial charge in [0.2, 0.25) is 5.91 Å². The molecule has 27 heavy (non-hydrogen) atoms. The number of piperidine rings is 1. The van der Waals surface area contributed by atoms with Crippen LogP contribution in [0, 0.1) is 5.92 Å². The fourth-order valence-electron chi connectivity index (χ4n) is 3.57. The Kier molecular flexibility index (Phi) is 7.13. The van der Waals surface area contributed by atoms with Crippen LogP contribution in [0.4, 0.5) is 5.69 Å². The van der Waals surface area contributed by atoms with Gasteiger partial charge in [0.25, 0.3) is 0 Å². The maximum atomic E-state index is 12.1. The number of amides is 1. The molecule has 0 spiro atoms. The molecule has 0 saturated carbocycles. The van der Waals surface area contributed by atoms with Gasteiger partial charge in [-0.3, -0.25) is 4.79 Å². The zero-order chi connectivity index (χ0) is 19.1. The number of hydrogen-bond acceptors (Lipinski definition) is 3. The highest BCUT2D eigenvalue weighted by molar-refractivity contribution is 6.33. The standard InChI is InChI=1S/C22H27ClN2O2/c23-20-3-1-2-4-21(20)24-22(27)13-16-25-14-11-18(12-15-25)6-5-17-7-9-19(26)10-8-17/h1-4,7-10,18,26H,5-6,11-16H2,(H,24,27). The molecule has 1 aliphatic heterocycles. The molecular weight excluding hydrogens is 360 g/mol. The summed E-state index contributed by atoms with van der Waals surface area (Å²) in [6.07, 6.45) is 5.11. The summed E-state index contributed by atoms with van der Waals surface area (Å²) in [7, 11) is 0. The Morgan fingerprint density at radius 3 is 2.52 bits per heavy atom. The van der Waals surface area contributed by atoms with E-state index in [0.29, 0.717) is 22.9 Å². The number of phenols is 1. The summed E-state index contributed by atoms with van der Waals surface area (Å²) in [6, 6.07) is 14.8. The third-order valence-corrected chi connectivity index (χ3v) is 5.62. The third-order valence-electron chi connectivity index (χ3n) is 5.29. The topological polar surface area (TPSA) is 52.6 Å². The van der Waals surface area contributed by atoms with Gasteiger partial charge in [-0.25, -0.2) is 0 Å². The molecule has 1 amide bonds. The number of halogens is 1. The second-order valence-corrected chi connectivity index (χ2v) is 7.68. The summed E-state index contributed by atoms with van der Waals surface area (Å²) in [4.78, 5) is 14.5. The Morgan fingerprint density at radius 2 is 1.81 bits per heavy atom. The van der Waals surface area contributed by atoms with E-state index < -0.39 is 0 Å². The highest BCUT2D eigenvalue weighted by Crippen LogP contribution is 2.24. The summed E-state index contributed by atoms with van der Waals surface area (Å²) in [5.74, 6) is 1.08. The Morgan fingerprint density at radius 1 is 1.11 bits per heavy atom. The smallest absolute Gasteiger partial charge is 0.225 e. The molecular formula is C22H27ClN2O2. The van der Waals surface area contributed by atoms with Crippen molar-refractivity contribution in [3.8, 4) is 5.75 Å². The molecule has 0 atom stereocenters. The summed E-state index contributed by atoms with van der Waals surface area (Å²) < 4.78 is 0. The number of nitrogens with one attached hydrogen (secondary N) is 1. The van der Waals surface area contributed by atoms with Crippen LogP contribution in [0.15, 0.2) is 48.5 Å². The number of aromatic hydroxyl groups is 1. The minimum Gasteiger partial charge on any atom is -0.508 e. The summed E-state index contributed by atoms with van der Waals surface area (Å²) in [6.45, 7) is 2.90. The van der Waals surface area contributed by atoms with Crippen LogP contribution in [0.3, 0.4) is 0 Å². The van der Waals surface area contributed by atoms with Crippen molar-refractivity contribution in [3.05, 3.63) is 59.1 Å². The highest BCUT2D eigenvalue weighted by atomic mass is 35.5. The molecule has 0 radical (unpaired) electrons. The van der Waals surface area contributed by atoms with E-state index in [0.717, 1.165) is 32.0 Å². The number of rotatable bonds is 7. The summed E-state index contributed by atoms with van der Waals surface area (Å²) >= 11 is 6.08. The van der Waals surface area contributed by atoms with E-state index in [2.05, 4.69) is 10.2 Å². The molecule has 144 valence electrons. The number of likely N-dealkylation sites (tertiary alicyclic amines) is 1. The van der Waals surface area contributed by atoms with Crippen molar-refractivity contribution in [2.24, 2.45) is 5.92 Å². The maximum absolute atomic E-state index is 12.1.